The van der Waals surface area contributed by atoms with Gasteiger partial charge >= 0.3 is 0 Å². The van der Waals surface area contributed by atoms with Gasteiger partial charge in [-0.25, -0.2) is 4.39 Å². The third-order valence-electron chi connectivity index (χ3n) is 2.39. The summed E-state index contributed by atoms with van der Waals surface area (Å²) in [6.45, 7) is 5.19. The Hall–Kier alpha value is -0.880. The molecule has 1 atom stereocenters. The Balaban J connectivity index is 3.42. The fourth-order valence-corrected chi connectivity index (χ4v) is 1.81. The smallest absolute Gasteiger partial charge is 0.130 e. The minimum absolute atomic E-state index is 0.225. The summed E-state index contributed by atoms with van der Waals surface area (Å²) < 4.78 is 14.3. The van der Waals surface area contributed by atoms with E-state index in [0.717, 1.165) is 10.0 Å². The van der Waals surface area contributed by atoms with E-state index in [1.54, 1.807) is 20.8 Å². The van der Waals surface area contributed by atoms with Gasteiger partial charge in [0.05, 0.1) is 12.0 Å². The zero-order valence-electron chi connectivity index (χ0n) is 8.36. The quantitative estimate of drug-likeness (QED) is 0.749. The van der Waals surface area contributed by atoms with Crippen LogP contribution in [0.1, 0.15) is 29.5 Å². The summed E-state index contributed by atoms with van der Waals surface area (Å²) >= 11 is 3.28. The average molecular weight is 256 g/mol. The summed E-state index contributed by atoms with van der Waals surface area (Å²) in [5, 5.41) is 8.78. The van der Waals surface area contributed by atoms with Crippen LogP contribution in [-0.2, 0) is 0 Å². The van der Waals surface area contributed by atoms with Crippen LogP contribution in [0.15, 0.2) is 10.5 Å². The van der Waals surface area contributed by atoms with E-state index in [1.807, 2.05) is 6.07 Å². The highest BCUT2D eigenvalue weighted by atomic mass is 79.9. The van der Waals surface area contributed by atoms with Crippen molar-refractivity contribution in [2.75, 3.05) is 0 Å². The van der Waals surface area contributed by atoms with Crippen LogP contribution in [0.5, 0.6) is 0 Å². The Bertz CT molecular complexity index is 407. The van der Waals surface area contributed by atoms with Crippen molar-refractivity contribution in [1.29, 1.82) is 5.26 Å². The molecule has 1 nitrogen and oxygen atoms in total. The van der Waals surface area contributed by atoms with E-state index in [-0.39, 0.29) is 11.7 Å². The second-order valence-electron chi connectivity index (χ2n) is 3.36. The van der Waals surface area contributed by atoms with Crippen LogP contribution in [0, 0.1) is 31.0 Å². The number of nitrogens with zero attached hydrogens (tertiary/aromatic N) is 1. The maximum absolute atomic E-state index is 13.6. The maximum Gasteiger partial charge on any atom is 0.130 e. The van der Waals surface area contributed by atoms with E-state index in [4.69, 9.17) is 5.26 Å². The minimum Gasteiger partial charge on any atom is -0.206 e. The van der Waals surface area contributed by atoms with E-state index in [9.17, 15) is 4.39 Å². The lowest BCUT2D eigenvalue weighted by molar-refractivity contribution is 0.604. The predicted octanol–water partition coefficient (Wildman–Crippen LogP) is 3.83. The number of halogens is 2. The molecule has 0 radical (unpaired) electrons. The minimum atomic E-state index is -0.276. The van der Waals surface area contributed by atoms with Crippen molar-refractivity contribution in [3.63, 3.8) is 0 Å². The van der Waals surface area contributed by atoms with Gasteiger partial charge in [0.1, 0.15) is 5.82 Å². The molecule has 1 unspecified atom stereocenters. The van der Waals surface area contributed by atoms with Crippen molar-refractivity contribution in [2.24, 2.45) is 0 Å². The molecule has 14 heavy (non-hydrogen) atoms. The zero-order chi connectivity index (χ0) is 10.9. The lowest BCUT2D eigenvalue weighted by atomic mass is 9.95. The molecule has 0 aliphatic rings. The summed E-state index contributed by atoms with van der Waals surface area (Å²) in [5.74, 6) is -0.502. The van der Waals surface area contributed by atoms with Gasteiger partial charge in [0.15, 0.2) is 0 Å². The Morgan fingerprint density at radius 2 is 2.00 bits per heavy atom. The molecule has 0 heterocycles. The molecule has 1 rings (SSSR count). The van der Waals surface area contributed by atoms with Crippen molar-refractivity contribution >= 4 is 15.9 Å². The summed E-state index contributed by atoms with van der Waals surface area (Å²) in [6.07, 6.45) is 0. The molecule has 1 aromatic rings. The molecule has 74 valence electrons. The Labute approximate surface area is 91.7 Å². The highest BCUT2D eigenvalue weighted by Crippen LogP contribution is 2.29. The van der Waals surface area contributed by atoms with Crippen LogP contribution in [0.25, 0.3) is 0 Å². The van der Waals surface area contributed by atoms with Gasteiger partial charge in [-0.2, -0.15) is 5.26 Å². The number of hydrogen-bond acceptors (Lipinski definition) is 1. The van der Waals surface area contributed by atoms with E-state index in [2.05, 4.69) is 22.0 Å². The Morgan fingerprint density at radius 1 is 1.43 bits per heavy atom. The molecule has 0 saturated heterocycles. The van der Waals surface area contributed by atoms with Crippen molar-refractivity contribution in [1.82, 2.24) is 0 Å². The van der Waals surface area contributed by atoms with Gasteiger partial charge in [-0.1, -0.05) is 15.9 Å². The van der Waals surface area contributed by atoms with Gasteiger partial charge in [0.2, 0.25) is 0 Å². The molecule has 0 spiro atoms. The van der Waals surface area contributed by atoms with Crippen LogP contribution in [0.3, 0.4) is 0 Å². The Kier molecular flexibility index (Phi) is 3.28. The highest BCUT2D eigenvalue weighted by molar-refractivity contribution is 9.10. The topological polar surface area (TPSA) is 23.8 Å². The number of benzene rings is 1. The monoisotopic (exact) mass is 255 g/mol. The van der Waals surface area contributed by atoms with Crippen LogP contribution < -0.4 is 0 Å². The van der Waals surface area contributed by atoms with Crippen LogP contribution >= 0.6 is 15.9 Å². The van der Waals surface area contributed by atoms with Crippen molar-refractivity contribution in [2.45, 2.75) is 26.7 Å². The van der Waals surface area contributed by atoms with E-state index in [1.165, 1.54) is 0 Å². The van der Waals surface area contributed by atoms with Gasteiger partial charge < -0.3 is 0 Å². The predicted molar refractivity (Wildman–Crippen MR) is 57.6 cm³/mol. The molecule has 0 amide bonds. The molecule has 0 aromatic heterocycles. The second-order valence-corrected chi connectivity index (χ2v) is 4.22. The standard InChI is InChI=1S/C11H11BrFN/c1-6(5-14)9-4-10(12)8(3)11(13)7(9)2/h4,6H,1-3H3. The first-order valence-corrected chi connectivity index (χ1v) is 5.13. The first-order chi connectivity index (χ1) is 6.49. The van der Waals surface area contributed by atoms with Crippen molar-refractivity contribution in [3.8, 4) is 6.07 Å². The Morgan fingerprint density at radius 3 is 2.50 bits per heavy atom. The van der Waals surface area contributed by atoms with Gasteiger partial charge in [0.25, 0.3) is 0 Å². The van der Waals surface area contributed by atoms with Crippen molar-refractivity contribution in [3.05, 3.63) is 33.0 Å². The summed E-state index contributed by atoms with van der Waals surface area (Å²) in [4.78, 5) is 0. The van der Waals surface area contributed by atoms with Crippen molar-refractivity contribution < 1.29 is 4.39 Å². The first-order valence-electron chi connectivity index (χ1n) is 4.33. The second kappa shape index (κ2) is 4.10. The van der Waals surface area contributed by atoms with Gasteiger partial charge in [0, 0.05) is 4.47 Å². The van der Waals surface area contributed by atoms with E-state index in [0.29, 0.717) is 11.1 Å². The zero-order valence-corrected chi connectivity index (χ0v) is 9.94. The van der Waals surface area contributed by atoms with Crippen LogP contribution in [-0.4, -0.2) is 0 Å². The highest BCUT2D eigenvalue weighted by Gasteiger charge is 2.14. The largest absolute Gasteiger partial charge is 0.206 e. The molecule has 0 fully saturated rings. The summed E-state index contributed by atoms with van der Waals surface area (Å²) in [7, 11) is 0. The first kappa shape index (κ1) is 11.2. The molecule has 0 N–H and O–H groups in total. The normalized spacial score (nSPS) is 12.3. The SMILES string of the molecule is Cc1c(Br)cc(C(C)C#N)c(C)c1F. The lowest BCUT2D eigenvalue weighted by Gasteiger charge is -2.11. The number of rotatable bonds is 1. The van der Waals surface area contributed by atoms with E-state index >= 15 is 0 Å². The lowest BCUT2D eigenvalue weighted by Crippen LogP contribution is -1.99. The van der Waals surface area contributed by atoms with Crippen LogP contribution in [0.2, 0.25) is 0 Å². The molecule has 3 heteroatoms. The van der Waals surface area contributed by atoms with Gasteiger partial charge in [-0.15, -0.1) is 0 Å². The third-order valence-corrected chi connectivity index (χ3v) is 3.22. The molecule has 0 saturated carbocycles. The van der Waals surface area contributed by atoms with E-state index < -0.39 is 0 Å². The fourth-order valence-electron chi connectivity index (χ4n) is 1.39. The van der Waals surface area contributed by atoms with Crippen LogP contribution in [0.4, 0.5) is 4.39 Å². The number of hydrogen-bond donors (Lipinski definition) is 0. The third kappa shape index (κ3) is 1.80. The van der Waals surface area contributed by atoms with Gasteiger partial charge in [-0.05, 0) is 43.5 Å². The molecule has 1 aromatic carbocycles. The molecular formula is C11H11BrFN. The average Bonchev–Trinajstić information content (AvgIpc) is 2.19. The molecular weight excluding hydrogens is 245 g/mol. The maximum atomic E-state index is 13.6. The van der Waals surface area contributed by atoms with Gasteiger partial charge in [-0.3, -0.25) is 0 Å². The molecule has 0 aliphatic carbocycles. The molecule has 0 aliphatic heterocycles. The summed E-state index contributed by atoms with van der Waals surface area (Å²) in [6, 6.07) is 3.93. The fraction of sp³-hybridized carbons (Fsp3) is 0.364. The molecule has 0 bridgehead atoms. The summed E-state index contributed by atoms with van der Waals surface area (Å²) in [5.41, 5.74) is 1.92. The number of nitriles is 1.